The number of halogens is 1. The molecule has 2 aromatic heterocycles. The van der Waals surface area contributed by atoms with Crippen molar-refractivity contribution in [3.63, 3.8) is 0 Å². The largest absolute Gasteiger partial charge is 0.492 e. The minimum Gasteiger partial charge on any atom is -0.492 e. The lowest BCUT2D eigenvalue weighted by Crippen LogP contribution is -2.23. The number of hydrogen-bond donors (Lipinski definition) is 0. The van der Waals surface area contributed by atoms with Crippen molar-refractivity contribution in [3.05, 3.63) is 69.7 Å². The van der Waals surface area contributed by atoms with E-state index in [0.29, 0.717) is 24.3 Å². The van der Waals surface area contributed by atoms with Crippen molar-refractivity contribution in [2.75, 3.05) is 6.61 Å². The van der Waals surface area contributed by atoms with Gasteiger partial charge in [-0.15, -0.1) is 0 Å². The molecule has 0 saturated heterocycles. The maximum atomic E-state index is 12.6. The highest BCUT2D eigenvalue weighted by Gasteiger charge is 2.12. The van der Waals surface area contributed by atoms with Gasteiger partial charge in [-0.05, 0) is 30.3 Å². The highest BCUT2D eigenvalue weighted by molar-refractivity contribution is 9.10. The molecular formula is C18H13BrN2O3. The zero-order valence-electron chi connectivity index (χ0n) is 12.6. The zero-order chi connectivity index (χ0) is 16.5. The van der Waals surface area contributed by atoms with Gasteiger partial charge in [0.2, 0.25) is 5.58 Å². The number of rotatable bonds is 4. The number of fused-ring (bicyclic) bond motifs is 3. The standard InChI is InChI=1S/C18H13BrN2O3/c19-12-4-3-5-13(10-12)23-9-8-21-11-20-16-14-6-1-2-7-15(14)24-17(16)18(21)22/h1-7,10-11H,8-9H2. The Balaban J connectivity index is 1.59. The molecule has 120 valence electrons. The summed E-state index contributed by atoms with van der Waals surface area (Å²) in [6.07, 6.45) is 1.54. The van der Waals surface area contributed by atoms with E-state index in [-0.39, 0.29) is 11.1 Å². The summed E-state index contributed by atoms with van der Waals surface area (Å²) >= 11 is 3.40. The van der Waals surface area contributed by atoms with E-state index in [1.807, 2.05) is 48.5 Å². The summed E-state index contributed by atoms with van der Waals surface area (Å²) in [6.45, 7) is 0.759. The minimum atomic E-state index is -0.200. The van der Waals surface area contributed by atoms with Gasteiger partial charge < -0.3 is 9.15 Å². The van der Waals surface area contributed by atoms with Crippen LogP contribution >= 0.6 is 15.9 Å². The second kappa shape index (κ2) is 6.13. The molecule has 0 saturated carbocycles. The van der Waals surface area contributed by atoms with Crippen molar-refractivity contribution in [2.24, 2.45) is 0 Å². The summed E-state index contributed by atoms with van der Waals surface area (Å²) in [5.74, 6) is 0.746. The van der Waals surface area contributed by atoms with E-state index >= 15 is 0 Å². The lowest BCUT2D eigenvalue weighted by atomic mass is 10.2. The van der Waals surface area contributed by atoms with Gasteiger partial charge >= 0.3 is 0 Å². The van der Waals surface area contributed by atoms with Crippen molar-refractivity contribution >= 4 is 38.0 Å². The molecule has 0 N–H and O–H groups in total. The summed E-state index contributed by atoms with van der Waals surface area (Å²) in [5, 5.41) is 0.849. The molecule has 0 fully saturated rings. The fourth-order valence-electron chi connectivity index (χ4n) is 2.59. The van der Waals surface area contributed by atoms with E-state index in [1.165, 1.54) is 10.9 Å². The van der Waals surface area contributed by atoms with Crippen LogP contribution in [0.3, 0.4) is 0 Å². The number of nitrogens with zero attached hydrogens (tertiary/aromatic N) is 2. The molecule has 2 heterocycles. The van der Waals surface area contributed by atoms with Crippen LogP contribution in [0.1, 0.15) is 0 Å². The molecule has 0 spiro atoms. The second-order valence-electron chi connectivity index (χ2n) is 5.32. The molecule has 0 aliphatic carbocycles. The third-order valence-corrected chi connectivity index (χ3v) is 4.24. The molecule has 0 radical (unpaired) electrons. The van der Waals surface area contributed by atoms with Gasteiger partial charge in [0, 0.05) is 9.86 Å². The van der Waals surface area contributed by atoms with E-state index in [2.05, 4.69) is 20.9 Å². The molecule has 0 atom stereocenters. The van der Waals surface area contributed by atoms with Gasteiger partial charge in [0.1, 0.15) is 23.5 Å². The minimum absolute atomic E-state index is 0.200. The van der Waals surface area contributed by atoms with Gasteiger partial charge in [0.25, 0.3) is 5.56 Å². The van der Waals surface area contributed by atoms with Crippen molar-refractivity contribution in [1.82, 2.24) is 9.55 Å². The first-order valence-electron chi connectivity index (χ1n) is 7.47. The summed E-state index contributed by atoms with van der Waals surface area (Å²) < 4.78 is 13.8. The Morgan fingerprint density at radius 2 is 2.04 bits per heavy atom. The van der Waals surface area contributed by atoms with Crippen LogP contribution in [0, 0.1) is 0 Å². The molecule has 0 unspecified atom stereocenters. The predicted molar refractivity (Wildman–Crippen MR) is 95.4 cm³/mol. The van der Waals surface area contributed by atoms with Crippen molar-refractivity contribution < 1.29 is 9.15 Å². The van der Waals surface area contributed by atoms with E-state index < -0.39 is 0 Å². The van der Waals surface area contributed by atoms with Gasteiger partial charge in [-0.3, -0.25) is 9.36 Å². The van der Waals surface area contributed by atoms with Crippen molar-refractivity contribution in [1.29, 1.82) is 0 Å². The van der Waals surface area contributed by atoms with Crippen molar-refractivity contribution in [2.45, 2.75) is 6.54 Å². The molecule has 2 aromatic carbocycles. The van der Waals surface area contributed by atoms with E-state index in [0.717, 1.165) is 15.6 Å². The van der Waals surface area contributed by atoms with Crippen LogP contribution in [0.4, 0.5) is 0 Å². The first-order chi connectivity index (χ1) is 11.7. The third kappa shape index (κ3) is 2.69. The smallest absolute Gasteiger partial charge is 0.297 e. The molecule has 6 heteroatoms. The number of ether oxygens (including phenoxy) is 1. The topological polar surface area (TPSA) is 57.3 Å². The second-order valence-corrected chi connectivity index (χ2v) is 6.24. The van der Waals surface area contributed by atoms with Gasteiger partial charge in [0.15, 0.2) is 0 Å². The van der Waals surface area contributed by atoms with E-state index in [4.69, 9.17) is 9.15 Å². The Morgan fingerprint density at radius 3 is 2.92 bits per heavy atom. The zero-order valence-corrected chi connectivity index (χ0v) is 14.2. The Kier molecular flexibility index (Phi) is 3.82. The fourth-order valence-corrected chi connectivity index (χ4v) is 2.97. The summed E-state index contributed by atoms with van der Waals surface area (Å²) in [5.41, 5.74) is 1.34. The molecule has 0 aliphatic rings. The molecule has 4 rings (SSSR count). The summed E-state index contributed by atoms with van der Waals surface area (Å²) in [7, 11) is 0. The Labute approximate surface area is 145 Å². The number of para-hydroxylation sites is 1. The van der Waals surface area contributed by atoms with Crippen LogP contribution in [0.25, 0.3) is 22.1 Å². The molecule has 24 heavy (non-hydrogen) atoms. The number of aromatic nitrogens is 2. The van der Waals surface area contributed by atoms with Crippen LogP contribution in [0.5, 0.6) is 5.75 Å². The molecule has 0 amide bonds. The number of hydrogen-bond acceptors (Lipinski definition) is 4. The molecular weight excluding hydrogens is 372 g/mol. The predicted octanol–water partition coefficient (Wildman–Crippen LogP) is 3.98. The molecule has 0 bridgehead atoms. The Morgan fingerprint density at radius 1 is 1.17 bits per heavy atom. The quantitative estimate of drug-likeness (QED) is 0.533. The van der Waals surface area contributed by atoms with Gasteiger partial charge in [0.05, 0.1) is 12.9 Å². The van der Waals surface area contributed by atoms with E-state index in [9.17, 15) is 4.79 Å². The van der Waals surface area contributed by atoms with Gasteiger partial charge in [-0.2, -0.15) is 0 Å². The first kappa shape index (κ1) is 15.0. The highest BCUT2D eigenvalue weighted by Crippen LogP contribution is 2.24. The van der Waals surface area contributed by atoms with Crippen LogP contribution in [-0.4, -0.2) is 16.2 Å². The average Bonchev–Trinajstić information content (AvgIpc) is 2.97. The summed E-state index contributed by atoms with van der Waals surface area (Å²) in [6, 6.07) is 15.1. The fraction of sp³-hybridized carbons (Fsp3) is 0.111. The number of furan rings is 1. The highest BCUT2D eigenvalue weighted by atomic mass is 79.9. The molecule has 5 nitrogen and oxygen atoms in total. The Bertz CT molecular complexity index is 1080. The normalized spacial score (nSPS) is 11.2. The van der Waals surface area contributed by atoms with Crippen LogP contribution in [-0.2, 0) is 6.54 Å². The summed E-state index contributed by atoms with van der Waals surface area (Å²) in [4.78, 5) is 16.9. The first-order valence-corrected chi connectivity index (χ1v) is 8.27. The third-order valence-electron chi connectivity index (χ3n) is 3.75. The lowest BCUT2D eigenvalue weighted by Gasteiger charge is -2.08. The van der Waals surface area contributed by atoms with Crippen LogP contribution in [0.15, 0.2) is 68.5 Å². The maximum Gasteiger partial charge on any atom is 0.297 e. The van der Waals surface area contributed by atoms with Gasteiger partial charge in [-0.1, -0.05) is 34.1 Å². The SMILES string of the molecule is O=c1c2oc3ccccc3c2ncn1CCOc1cccc(Br)c1. The van der Waals surface area contributed by atoms with Crippen LogP contribution in [0.2, 0.25) is 0 Å². The van der Waals surface area contributed by atoms with Crippen molar-refractivity contribution in [3.8, 4) is 5.75 Å². The monoisotopic (exact) mass is 384 g/mol. The lowest BCUT2D eigenvalue weighted by molar-refractivity contribution is 0.295. The van der Waals surface area contributed by atoms with Gasteiger partial charge in [-0.25, -0.2) is 4.98 Å². The Hall–Kier alpha value is -2.60. The number of benzene rings is 2. The maximum absolute atomic E-state index is 12.6. The molecule has 0 aliphatic heterocycles. The van der Waals surface area contributed by atoms with Crippen LogP contribution < -0.4 is 10.3 Å². The average molecular weight is 385 g/mol. The van der Waals surface area contributed by atoms with E-state index in [1.54, 1.807) is 0 Å². The molecule has 4 aromatic rings.